The Morgan fingerprint density at radius 3 is 2.25 bits per heavy atom. The molecule has 2 aliphatic heterocycles. The largest absolute Gasteiger partial charge is 0.381 e. The predicted octanol–water partition coefficient (Wildman–Crippen LogP) is 4.66. The molecule has 176 valence electrons. The number of urea groups is 1. The summed E-state index contributed by atoms with van der Waals surface area (Å²) >= 11 is 12.6. The Hall–Kier alpha value is -1.50. The Morgan fingerprint density at radius 1 is 0.938 bits per heavy atom. The normalized spacial score (nSPS) is 22.4. The molecule has 1 aromatic carbocycles. The third-order valence-corrected chi connectivity index (χ3v) is 7.83. The number of carbonyl (C=O) groups is 2. The van der Waals surface area contributed by atoms with Gasteiger partial charge in [-0.05, 0) is 56.2 Å². The zero-order valence-electron chi connectivity index (χ0n) is 18.5. The van der Waals surface area contributed by atoms with Crippen LogP contribution in [0, 0.1) is 0 Å². The maximum atomic E-state index is 13.6. The molecule has 0 radical (unpaired) electrons. The summed E-state index contributed by atoms with van der Waals surface area (Å²) in [5.41, 5.74) is 0.101. The molecule has 0 unspecified atom stereocenters. The first kappa shape index (κ1) is 23.7. The Labute approximate surface area is 200 Å². The molecule has 1 aromatic rings. The molecule has 1 aliphatic carbocycles. The van der Waals surface area contributed by atoms with Gasteiger partial charge >= 0.3 is 6.03 Å². The average Bonchev–Trinajstić information content (AvgIpc) is 2.80. The van der Waals surface area contributed by atoms with Crippen molar-refractivity contribution < 1.29 is 14.3 Å². The Bertz CT molecular complexity index is 815. The van der Waals surface area contributed by atoms with E-state index in [0.29, 0.717) is 55.2 Å². The summed E-state index contributed by atoms with van der Waals surface area (Å²) < 4.78 is 5.55. The van der Waals surface area contributed by atoms with Crippen LogP contribution < -0.4 is 10.6 Å². The molecular weight excluding hydrogens is 449 g/mol. The van der Waals surface area contributed by atoms with E-state index in [2.05, 4.69) is 10.6 Å². The van der Waals surface area contributed by atoms with Crippen LogP contribution in [0.1, 0.15) is 63.4 Å². The van der Waals surface area contributed by atoms with Crippen molar-refractivity contribution in [3.8, 4) is 0 Å². The number of nitrogens with zero attached hydrogens (tertiary/aromatic N) is 1. The van der Waals surface area contributed by atoms with Gasteiger partial charge in [-0.1, -0.05) is 48.5 Å². The van der Waals surface area contributed by atoms with Gasteiger partial charge in [0, 0.05) is 48.4 Å². The minimum absolute atomic E-state index is 0.00451. The molecule has 0 atom stereocenters. The second-order valence-corrected chi connectivity index (χ2v) is 10.2. The fourth-order valence-corrected chi connectivity index (χ4v) is 5.87. The van der Waals surface area contributed by atoms with E-state index in [4.69, 9.17) is 27.9 Å². The number of amides is 3. The highest BCUT2D eigenvalue weighted by Crippen LogP contribution is 2.40. The topological polar surface area (TPSA) is 70.7 Å². The summed E-state index contributed by atoms with van der Waals surface area (Å²) in [4.78, 5) is 28.1. The van der Waals surface area contributed by atoms with E-state index in [-0.39, 0.29) is 18.0 Å². The van der Waals surface area contributed by atoms with E-state index in [1.807, 2.05) is 11.0 Å². The number of piperidine rings is 1. The van der Waals surface area contributed by atoms with Gasteiger partial charge in [0.1, 0.15) is 0 Å². The summed E-state index contributed by atoms with van der Waals surface area (Å²) in [6.07, 6.45) is 8.51. The van der Waals surface area contributed by atoms with Crippen LogP contribution in [0.3, 0.4) is 0 Å². The highest BCUT2D eigenvalue weighted by atomic mass is 35.5. The van der Waals surface area contributed by atoms with Gasteiger partial charge in [-0.3, -0.25) is 4.79 Å². The molecule has 2 saturated heterocycles. The van der Waals surface area contributed by atoms with Crippen molar-refractivity contribution in [2.45, 2.75) is 75.3 Å². The van der Waals surface area contributed by atoms with Gasteiger partial charge in [-0.15, -0.1) is 0 Å². The first-order chi connectivity index (χ1) is 15.5. The molecule has 0 aromatic heterocycles. The number of halogens is 2. The fourth-order valence-electron chi connectivity index (χ4n) is 5.28. The highest BCUT2D eigenvalue weighted by molar-refractivity contribution is 6.35. The minimum atomic E-state index is -0.713. The van der Waals surface area contributed by atoms with Gasteiger partial charge in [-0.25, -0.2) is 4.79 Å². The first-order valence-corrected chi connectivity index (χ1v) is 12.6. The van der Waals surface area contributed by atoms with Crippen LogP contribution >= 0.6 is 23.2 Å². The van der Waals surface area contributed by atoms with Crippen LogP contribution in [0.4, 0.5) is 4.79 Å². The van der Waals surface area contributed by atoms with Crippen molar-refractivity contribution >= 4 is 35.1 Å². The van der Waals surface area contributed by atoms with Crippen LogP contribution in [0.2, 0.25) is 10.0 Å². The third kappa shape index (κ3) is 5.35. The van der Waals surface area contributed by atoms with Gasteiger partial charge in [0.25, 0.3) is 0 Å². The van der Waals surface area contributed by atoms with Crippen LogP contribution in [0.15, 0.2) is 18.2 Å². The summed E-state index contributed by atoms with van der Waals surface area (Å²) in [5, 5.41) is 7.53. The van der Waals surface area contributed by atoms with Gasteiger partial charge < -0.3 is 20.3 Å². The fraction of sp³-hybridized carbons (Fsp3) is 0.667. The molecule has 3 amide bonds. The van der Waals surface area contributed by atoms with Crippen molar-refractivity contribution in [3.63, 3.8) is 0 Å². The number of nitrogens with one attached hydrogen (secondary N) is 2. The lowest BCUT2D eigenvalue weighted by atomic mass is 9.73. The standard InChI is InChI=1S/C24H33Cl2N3O3/c25-17-6-7-20(21(26)16-17)24(10-14-32-15-11-24)22(30)27-19-8-12-29(13-9-19)23(31)28-18-4-2-1-3-5-18/h6-7,16,18-19H,1-5,8-15H2,(H,27,30)(H,28,31). The molecule has 0 bridgehead atoms. The number of ether oxygens (including phenoxy) is 1. The molecule has 0 spiro atoms. The van der Waals surface area contributed by atoms with Crippen molar-refractivity contribution in [3.05, 3.63) is 33.8 Å². The second-order valence-electron chi connectivity index (χ2n) is 9.34. The SMILES string of the molecule is O=C(NC1CCCCC1)N1CCC(NC(=O)C2(c3ccc(Cl)cc3Cl)CCOCC2)CC1. The first-order valence-electron chi connectivity index (χ1n) is 11.9. The Morgan fingerprint density at radius 2 is 1.59 bits per heavy atom. The van der Waals surface area contributed by atoms with Crippen molar-refractivity contribution in [1.82, 2.24) is 15.5 Å². The minimum Gasteiger partial charge on any atom is -0.381 e. The summed E-state index contributed by atoms with van der Waals surface area (Å²) in [7, 11) is 0. The van der Waals surface area contributed by atoms with Crippen LogP contribution in [0.25, 0.3) is 0 Å². The van der Waals surface area contributed by atoms with E-state index < -0.39 is 5.41 Å². The predicted molar refractivity (Wildman–Crippen MR) is 126 cm³/mol. The van der Waals surface area contributed by atoms with Crippen molar-refractivity contribution in [2.75, 3.05) is 26.3 Å². The Balaban J connectivity index is 1.36. The van der Waals surface area contributed by atoms with E-state index in [1.165, 1.54) is 19.3 Å². The lowest BCUT2D eigenvalue weighted by molar-refractivity contribution is -0.131. The third-order valence-electron chi connectivity index (χ3n) is 7.28. The number of carbonyl (C=O) groups excluding carboxylic acids is 2. The molecule has 32 heavy (non-hydrogen) atoms. The summed E-state index contributed by atoms with van der Waals surface area (Å²) in [6, 6.07) is 5.75. The maximum Gasteiger partial charge on any atom is 0.317 e. The molecular formula is C24H33Cl2N3O3. The van der Waals surface area contributed by atoms with E-state index >= 15 is 0 Å². The average molecular weight is 482 g/mol. The smallest absolute Gasteiger partial charge is 0.317 e. The quantitative estimate of drug-likeness (QED) is 0.656. The van der Waals surface area contributed by atoms with Crippen LogP contribution in [-0.2, 0) is 14.9 Å². The van der Waals surface area contributed by atoms with Crippen LogP contribution in [0.5, 0.6) is 0 Å². The molecule has 3 aliphatic rings. The highest BCUT2D eigenvalue weighted by Gasteiger charge is 2.44. The van der Waals surface area contributed by atoms with Crippen molar-refractivity contribution in [1.29, 1.82) is 0 Å². The summed E-state index contributed by atoms with van der Waals surface area (Å²) in [6.45, 7) is 2.35. The molecule has 8 heteroatoms. The van der Waals surface area contributed by atoms with Crippen molar-refractivity contribution in [2.24, 2.45) is 0 Å². The van der Waals surface area contributed by atoms with Gasteiger partial charge in [-0.2, -0.15) is 0 Å². The molecule has 2 N–H and O–H groups in total. The van der Waals surface area contributed by atoms with Crippen LogP contribution in [-0.4, -0.2) is 55.2 Å². The number of rotatable bonds is 4. The van der Waals surface area contributed by atoms with Gasteiger partial charge in [0.15, 0.2) is 0 Å². The van der Waals surface area contributed by atoms with E-state index in [1.54, 1.807) is 12.1 Å². The molecule has 4 rings (SSSR count). The number of benzene rings is 1. The number of likely N-dealkylation sites (tertiary alicyclic amines) is 1. The monoisotopic (exact) mass is 481 g/mol. The molecule has 3 fully saturated rings. The summed E-state index contributed by atoms with van der Waals surface area (Å²) in [5.74, 6) is -0.00451. The van der Waals surface area contributed by atoms with E-state index in [0.717, 1.165) is 31.2 Å². The molecule has 1 saturated carbocycles. The lowest BCUT2D eigenvalue weighted by Crippen LogP contribution is -2.55. The molecule has 6 nitrogen and oxygen atoms in total. The lowest BCUT2D eigenvalue weighted by Gasteiger charge is -2.39. The maximum absolute atomic E-state index is 13.6. The number of hydrogen-bond acceptors (Lipinski definition) is 3. The van der Waals surface area contributed by atoms with Gasteiger partial charge in [0.2, 0.25) is 5.91 Å². The second kappa shape index (κ2) is 10.6. The zero-order chi connectivity index (χ0) is 22.6. The Kier molecular flexibility index (Phi) is 7.85. The number of hydrogen-bond donors (Lipinski definition) is 2. The zero-order valence-corrected chi connectivity index (χ0v) is 20.0. The van der Waals surface area contributed by atoms with Gasteiger partial charge in [0.05, 0.1) is 5.41 Å². The molecule has 2 heterocycles. The van der Waals surface area contributed by atoms with E-state index in [9.17, 15) is 9.59 Å².